The number of carbonyl (C=O) groups is 1. The largest absolute Gasteiger partial charge is 0.478 e. The fraction of sp³-hybridized carbons (Fsp3) is 0.400. The van der Waals surface area contributed by atoms with Gasteiger partial charge in [0.15, 0.2) is 0 Å². The van der Waals surface area contributed by atoms with Gasteiger partial charge in [-0.05, 0) is 13.0 Å². The normalized spacial score (nSPS) is 14.1. The van der Waals surface area contributed by atoms with E-state index in [1.165, 1.54) is 19.2 Å². The third kappa shape index (κ3) is 3.85. The number of aromatic nitrogens is 1. The minimum atomic E-state index is -1.30. The number of hydrogen-bond donors (Lipinski definition) is 4. The van der Waals surface area contributed by atoms with Gasteiger partial charge in [-0.25, -0.2) is 9.78 Å². The maximum absolute atomic E-state index is 10.8. The third-order valence-corrected chi connectivity index (χ3v) is 2.38. The molecule has 0 bridgehead atoms. The smallest absolute Gasteiger partial charge is 0.337 e. The van der Waals surface area contributed by atoms with Gasteiger partial charge in [-0.3, -0.25) is 0 Å². The van der Waals surface area contributed by atoms with Crippen LogP contribution in [0.1, 0.15) is 17.3 Å². The Labute approximate surface area is 103 Å². The molecule has 0 amide bonds. The van der Waals surface area contributed by atoms with Gasteiger partial charge in [0.2, 0.25) is 0 Å². The second kappa shape index (κ2) is 5.31. The molecule has 6 nitrogen and oxygen atoms in total. The maximum Gasteiger partial charge on any atom is 0.337 e. The van der Waals surface area contributed by atoms with Crippen molar-refractivity contribution >= 4 is 23.4 Å². The lowest BCUT2D eigenvalue weighted by atomic mass is 10.1. The summed E-state index contributed by atoms with van der Waals surface area (Å²) in [5, 5.41) is 30.0. The lowest BCUT2D eigenvalue weighted by molar-refractivity contribution is 0.0132. The van der Waals surface area contributed by atoms with Gasteiger partial charge in [0.05, 0.1) is 17.2 Å². The van der Waals surface area contributed by atoms with E-state index >= 15 is 0 Å². The number of aliphatic hydroxyl groups is 2. The van der Waals surface area contributed by atoms with Crippen molar-refractivity contribution in [2.24, 2.45) is 0 Å². The SMILES string of the molecule is CC(O)(CO)CNc1cc(C(=O)O)c(Cl)cn1. The number of pyridine rings is 1. The van der Waals surface area contributed by atoms with Crippen molar-refractivity contribution in [2.75, 3.05) is 18.5 Å². The zero-order valence-corrected chi connectivity index (χ0v) is 9.90. The van der Waals surface area contributed by atoms with Crippen LogP contribution in [0.5, 0.6) is 0 Å². The lowest BCUT2D eigenvalue weighted by Gasteiger charge is -2.21. The van der Waals surface area contributed by atoms with Gasteiger partial charge in [-0.1, -0.05) is 11.6 Å². The van der Waals surface area contributed by atoms with E-state index in [9.17, 15) is 9.90 Å². The number of aliphatic hydroxyl groups excluding tert-OH is 1. The van der Waals surface area contributed by atoms with E-state index in [2.05, 4.69) is 10.3 Å². The Balaban J connectivity index is 2.80. The fourth-order valence-electron chi connectivity index (χ4n) is 1.04. The minimum absolute atomic E-state index is 0.0389. The van der Waals surface area contributed by atoms with Crippen molar-refractivity contribution in [3.05, 3.63) is 22.8 Å². The second-order valence-electron chi connectivity index (χ2n) is 3.86. The number of hydrogen-bond acceptors (Lipinski definition) is 5. The second-order valence-corrected chi connectivity index (χ2v) is 4.27. The van der Waals surface area contributed by atoms with Crippen molar-refractivity contribution in [3.8, 4) is 0 Å². The predicted molar refractivity (Wildman–Crippen MR) is 62.4 cm³/mol. The number of carboxylic acids is 1. The van der Waals surface area contributed by atoms with Crippen LogP contribution in [0.15, 0.2) is 12.3 Å². The number of carboxylic acid groups (broad SMARTS) is 1. The molecule has 1 aromatic rings. The summed E-state index contributed by atoms with van der Waals surface area (Å²) in [4.78, 5) is 14.7. The lowest BCUT2D eigenvalue weighted by Crippen LogP contribution is -2.37. The molecule has 0 aliphatic carbocycles. The molecular formula is C10H13ClN2O4. The van der Waals surface area contributed by atoms with E-state index in [1.54, 1.807) is 0 Å². The zero-order chi connectivity index (χ0) is 13.1. The Hall–Kier alpha value is -1.37. The van der Waals surface area contributed by atoms with E-state index in [4.69, 9.17) is 21.8 Å². The highest BCUT2D eigenvalue weighted by molar-refractivity contribution is 6.33. The quantitative estimate of drug-likeness (QED) is 0.618. The predicted octanol–water partition coefficient (Wildman–Crippen LogP) is 0.588. The average molecular weight is 261 g/mol. The third-order valence-electron chi connectivity index (χ3n) is 2.08. The minimum Gasteiger partial charge on any atom is -0.478 e. The average Bonchev–Trinajstić information content (AvgIpc) is 2.27. The Morgan fingerprint density at radius 2 is 2.29 bits per heavy atom. The van der Waals surface area contributed by atoms with Crippen molar-refractivity contribution in [3.63, 3.8) is 0 Å². The molecule has 17 heavy (non-hydrogen) atoms. The van der Waals surface area contributed by atoms with Crippen LogP contribution in [0.2, 0.25) is 5.02 Å². The van der Waals surface area contributed by atoms with Crippen LogP contribution in [0.3, 0.4) is 0 Å². The molecule has 0 aliphatic rings. The zero-order valence-electron chi connectivity index (χ0n) is 9.14. The van der Waals surface area contributed by atoms with Gasteiger partial charge in [0.1, 0.15) is 11.4 Å². The summed E-state index contributed by atoms with van der Waals surface area (Å²) >= 11 is 5.65. The van der Waals surface area contributed by atoms with Crippen LogP contribution in [0.25, 0.3) is 0 Å². The van der Waals surface area contributed by atoms with Crippen molar-refractivity contribution in [1.29, 1.82) is 0 Å². The summed E-state index contributed by atoms with van der Waals surface area (Å²) < 4.78 is 0. The summed E-state index contributed by atoms with van der Waals surface area (Å²) in [6.45, 7) is 1.06. The number of anilines is 1. The molecule has 1 aromatic heterocycles. The molecule has 7 heteroatoms. The topological polar surface area (TPSA) is 103 Å². The molecule has 0 radical (unpaired) electrons. The molecule has 94 valence electrons. The highest BCUT2D eigenvalue weighted by Crippen LogP contribution is 2.18. The van der Waals surface area contributed by atoms with Crippen LogP contribution in [-0.4, -0.2) is 45.0 Å². The number of halogens is 1. The Kier molecular flexibility index (Phi) is 4.28. The number of nitrogens with one attached hydrogen (secondary N) is 1. The Morgan fingerprint density at radius 1 is 1.65 bits per heavy atom. The van der Waals surface area contributed by atoms with Crippen LogP contribution in [0.4, 0.5) is 5.82 Å². The first kappa shape index (κ1) is 13.7. The van der Waals surface area contributed by atoms with Gasteiger partial charge in [0, 0.05) is 12.7 Å². The molecule has 0 aliphatic heterocycles. The molecule has 1 heterocycles. The molecule has 0 saturated carbocycles. The van der Waals surface area contributed by atoms with E-state index in [0.29, 0.717) is 0 Å². The van der Waals surface area contributed by atoms with E-state index in [0.717, 1.165) is 0 Å². The first-order chi connectivity index (χ1) is 7.85. The molecule has 0 spiro atoms. The molecule has 0 saturated heterocycles. The van der Waals surface area contributed by atoms with Gasteiger partial charge < -0.3 is 20.6 Å². The summed E-state index contributed by atoms with van der Waals surface area (Å²) in [5.74, 6) is -0.894. The van der Waals surface area contributed by atoms with Gasteiger partial charge in [-0.2, -0.15) is 0 Å². The standard InChI is InChI=1S/C10H13ClN2O4/c1-10(17,5-14)4-13-8-2-6(9(15)16)7(11)3-12-8/h2-3,14,17H,4-5H2,1H3,(H,12,13)(H,15,16). The van der Waals surface area contributed by atoms with Crippen LogP contribution in [-0.2, 0) is 0 Å². The van der Waals surface area contributed by atoms with Crippen molar-refractivity contribution in [1.82, 2.24) is 4.98 Å². The highest BCUT2D eigenvalue weighted by atomic mass is 35.5. The van der Waals surface area contributed by atoms with Crippen LogP contribution in [0, 0.1) is 0 Å². The first-order valence-corrected chi connectivity index (χ1v) is 5.19. The number of nitrogens with zero attached hydrogens (tertiary/aromatic N) is 1. The van der Waals surface area contributed by atoms with Crippen LogP contribution >= 0.6 is 11.6 Å². The van der Waals surface area contributed by atoms with Gasteiger partial charge in [0.25, 0.3) is 0 Å². The van der Waals surface area contributed by atoms with Crippen molar-refractivity contribution < 1.29 is 20.1 Å². The molecule has 1 rings (SSSR count). The number of rotatable bonds is 5. The fourth-order valence-corrected chi connectivity index (χ4v) is 1.22. The summed E-state index contributed by atoms with van der Waals surface area (Å²) in [6.07, 6.45) is 1.21. The molecule has 0 fully saturated rings. The monoisotopic (exact) mass is 260 g/mol. The molecule has 4 N–H and O–H groups in total. The maximum atomic E-state index is 10.8. The van der Waals surface area contributed by atoms with Gasteiger partial charge >= 0.3 is 5.97 Å². The summed E-state index contributed by atoms with van der Waals surface area (Å²) in [7, 11) is 0. The Bertz CT molecular complexity index is 423. The van der Waals surface area contributed by atoms with E-state index in [1.807, 2.05) is 0 Å². The molecule has 1 atom stereocenters. The molecular weight excluding hydrogens is 248 g/mol. The molecule has 1 unspecified atom stereocenters. The van der Waals surface area contributed by atoms with Gasteiger partial charge in [-0.15, -0.1) is 0 Å². The highest BCUT2D eigenvalue weighted by Gasteiger charge is 2.19. The summed E-state index contributed by atoms with van der Waals surface area (Å²) in [5.41, 5.74) is -1.38. The Morgan fingerprint density at radius 3 is 2.82 bits per heavy atom. The number of aromatic carboxylic acids is 1. The first-order valence-electron chi connectivity index (χ1n) is 4.82. The van der Waals surface area contributed by atoms with Crippen molar-refractivity contribution in [2.45, 2.75) is 12.5 Å². The molecule has 0 aromatic carbocycles. The van der Waals surface area contributed by atoms with Crippen LogP contribution < -0.4 is 5.32 Å². The van der Waals surface area contributed by atoms with E-state index in [-0.39, 0.29) is 22.9 Å². The summed E-state index contributed by atoms with van der Waals surface area (Å²) in [6, 6.07) is 1.26. The van der Waals surface area contributed by atoms with E-state index < -0.39 is 18.2 Å².